The van der Waals surface area contributed by atoms with Gasteiger partial charge in [-0.3, -0.25) is 0 Å². The number of nitrogens with one attached hydrogen (secondary N) is 1. The minimum atomic E-state index is 0.528. The predicted octanol–water partition coefficient (Wildman–Crippen LogP) is 5.98. The van der Waals surface area contributed by atoms with Crippen molar-refractivity contribution in [2.24, 2.45) is 0 Å². The molecule has 0 heterocycles. The fourth-order valence-electron chi connectivity index (χ4n) is 2.47. The molecule has 1 atom stereocenters. The molecule has 0 saturated heterocycles. The summed E-state index contributed by atoms with van der Waals surface area (Å²) in [6.07, 6.45) is 10.4. The van der Waals surface area contributed by atoms with E-state index in [0.29, 0.717) is 6.04 Å². The summed E-state index contributed by atoms with van der Waals surface area (Å²) in [5.74, 6) is 0. The summed E-state index contributed by atoms with van der Waals surface area (Å²) in [5, 5.41) is 4.29. The Morgan fingerprint density at radius 3 is 2.50 bits per heavy atom. The van der Waals surface area contributed by atoms with Crippen LogP contribution in [0, 0.1) is 0 Å². The summed E-state index contributed by atoms with van der Waals surface area (Å²) in [6.45, 7) is 2.26. The van der Waals surface area contributed by atoms with E-state index in [1.165, 1.54) is 50.5 Å². The van der Waals surface area contributed by atoms with Crippen LogP contribution >= 0.6 is 27.5 Å². The third-order valence-corrected chi connectivity index (χ3v) is 4.64. The highest BCUT2D eigenvalue weighted by molar-refractivity contribution is 9.10. The third-order valence-electron chi connectivity index (χ3n) is 3.80. The highest BCUT2D eigenvalue weighted by Gasteiger charge is 2.10. The molecule has 1 nitrogen and oxygen atoms in total. The first-order valence-electron chi connectivity index (χ1n) is 7.78. The van der Waals surface area contributed by atoms with Crippen LogP contribution in [0.25, 0.3) is 0 Å². The first-order valence-corrected chi connectivity index (χ1v) is 8.95. The number of unbranched alkanes of at least 4 members (excludes halogenated alkanes) is 5. The van der Waals surface area contributed by atoms with Crippen LogP contribution in [-0.2, 0) is 6.42 Å². The largest absolute Gasteiger partial charge is 0.317 e. The fourth-order valence-corrected chi connectivity index (χ4v) is 3.22. The number of halogens is 2. The number of hydrogen-bond acceptors (Lipinski definition) is 1. The molecule has 114 valence electrons. The zero-order valence-corrected chi connectivity index (χ0v) is 15.1. The number of likely N-dealkylation sites (N-methyl/N-ethyl adjacent to an activating group) is 1. The first kappa shape index (κ1) is 18.0. The maximum atomic E-state index is 6.29. The van der Waals surface area contributed by atoms with Gasteiger partial charge in [-0.05, 0) is 37.6 Å². The molecule has 1 rings (SSSR count). The van der Waals surface area contributed by atoms with Gasteiger partial charge in [0.2, 0.25) is 0 Å². The summed E-state index contributed by atoms with van der Waals surface area (Å²) in [7, 11) is 2.05. The van der Waals surface area contributed by atoms with Gasteiger partial charge in [0.25, 0.3) is 0 Å². The Kier molecular flexibility index (Phi) is 9.58. The van der Waals surface area contributed by atoms with Crippen molar-refractivity contribution < 1.29 is 0 Å². The van der Waals surface area contributed by atoms with E-state index >= 15 is 0 Å². The number of hydrogen-bond donors (Lipinski definition) is 1. The topological polar surface area (TPSA) is 12.0 Å². The van der Waals surface area contributed by atoms with Gasteiger partial charge in [-0.2, -0.15) is 0 Å². The quantitative estimate of drug-likeness (QED) is 0.506. The van der Waals surface area contributed by atoms with E-state index in [4.69, 9.17) is 11.6 Å². The van der Waals surface area contributed by atoms with Crippen LogP contribution in [-0.4, -0.2) is 13.1 Å². The van der Waals surface area contributed by atoms with Crippen LogP contribution in [0.5, 0.6) is 0 Å². The molecule has 0 spiro atoms. The van der Waals surface area contributed by atoms with Crippen LogP contribution < -0.4 is 5.32 Å². The summed E-state index contributed by atoms with van der Waals surface area (Å²) >= 11 is 9.74. The van der Waals surface area contributed by atoms with Gasteiger partial charge >= 0.3 is 0 Å². The molecule has 0 amide bonds. The molecule has 3 heteroatoms. The second-order valence-electron chi connectivity index (χ2n) is 5.48. The molecule has 0 aliphatic carbocycles. The molecule has 0 radical (unpaired) electrons. The lowest BCUT2D eigenvalue weighted by Gasteiger charge is -2.17. The lowest BCUT2D eigenvalue weighted by Crippen LogP contribution is -2.27. The normalized spacial score (nSPS) is 12.6. The minimum Gasteiger partial charge on any atom is -0.317 e. The fraction of sp³-hybridized carbons (Fsp3) is 0.647. The second kappa shape index (κ2) is 10.6. The van der Waals surface area contributed by atoms with Crippen molar-refractivity contribution in [1.29, 1.82) is 0 Å². The number of rotatable bonds is 10. The van der Waals surface area contributed by atoms with E-state index in [2.05, 4.69) is 47.4 Å². The van der Waals surface area contributed by atoms with Crippen molar-refractivity contribution in [3.63, 3.8) is 0 Å². The molecule has 0 saturated carbocycles. The standard InChI is InChI=1S/C17H27BrClN/c1-3-4-5-6-7-8-9-16(20-2)12-14-10-11-15(18)13-17(14)19/h10-11,13,16,20H,3-9,12H2,1-2H3. The van der Waals surface area contributed by atoms with Crippen LogP contribution in [0.2, 0.25) is 5.02 Å². The highest BCUT2D eigenvalue weighted by Crippen LogP contribution is 2.23. The summed E-state index contributed by atoms with van der Waals surface area (Å²) in [5.41, 5.74) is 1.24. The molecular formula is C17H27BrClN. The lowest BCUT2D eigenvalue weighted by atomic mass is 10.00. The molecule has 1 unspecified atom stereocenters. The van der Waals surface area contributed by atoms with Crippen molar-refractivity contribution in [2.75, 3.05) is 7.05 Å². The Morgan fingerprint density at radius 2 is 1.85 bits per heavy atom. The van der Waals surface area contributed by atoms with Crippen LogP contribution in [0.1, 0.15) is 57.4 Å². The Hall–Kier alpha value is -0.0500. The average molecular weight is 361 g/mol. The minimum absolute atomic E-state index is 0.528. The lowest BCUT2D eigenvalue weighted by molar-refractivity contribution is 0.480. The molecule has 20 heavy (non-hydrogen) atoms. The Labute approximate surface area is 137 Å². The van der Waals surface area contributed by atoms with Crippen molar-refractivity contribution in [3.05, 3.63) is 33.3 Å². The average Bonchev–Trinajstić information content (AvgIpc) is 2.43. The molecular weight excluding hydrogens is 334 g/mol. The van der Waals surface area contributed by atoms with Crippen molar-refractivity contribution in [3.8, 4) is 0 Å². The van der Waals surface area contributed by atoms with Gasteiger partial charge in [0.1, 0.15) is 0 Å². The molecule has 0 bridgehead atoms. The molecule has 0 fully saturated rings. The summed E-state index contributed by atoms with van der Waals surface area (Å²) in [4.78, 5) is 0. The molecule has 1 aromatic rings. The van der Waals surface area contributed by atoms with Gasteiger partial charge in [0.15, 0.2) is 0 Å². The zero-order chi connectivity index (χ0) is 14.8. The van der Waals surface area contributed by atoms with E-state index in [-0.39, 0.29) is 0 Å². The van der Waals surface area contributed by atoms with Crippen LogP contribution in [0.15, 0.2) is 22.7 Å². The van der Waals surface area contributed by atoms with Crippen molar-refractivity contribution in [2.45, 2.75) is 64.3 Å². The van der Waals surface area contributed by atoms with E-state index in [9.17, 15) is 0 Å². The Bertz CT molecular complexity index is 381. The van der Waals surface area contributed by atoms with Gasteiger partial charge in [-0.1, -0.05) is 79.0 Å². The second-order valence-corrected chi connectivity index (χ2v) is 6.80. The Balaban J connectivity index is 2.31. The maximum Gasteiger partial charge on any atom is 0.0449 e. The van der Waals surface area contributed by atoms with Crippen LogP contribution in [0.4, 0.5) is 0 Å². The summed E-state index contributed by atoms with van der Waals surface area (Å²) < 4.78 is 1.04. The monoisotopic (exact) mass is 359 g/mol. The Morgan fingerprint density at radius 1 is 1.15 bits per heavy atom. The smallest absolute Gasteiger partial charge is 0.0449 e. The van der Waals surface area contributed by atoms with Gasteiger partial charge in [0, 0.05) is 15.5 Å². The zero-order valence-electron chi connectivity index (χ0n) is 12.7. The predicted molar refractivity (Wildman–Crippen MR) is 93.7 cm³/mol. The molecule has 0 aromatic heterocycles. The maximum absolute atomic E-state index is 6.29. The molecule has 1 N–H and O–H groups in total. The van der Waals surface area contributed by atoms with Crippen molar-refractivity contribution >= 4 is 27.5 Å². The van der Waals surface area contributed by atoms with Gasteiger partial charge in [-0.25, -0.2) is 0 Å². The SMILES string of the molecule is CCCCCCCCC(Cc1ccc(Br)cc1Cl)NC. The molecule has 1 aromatic carbocycles. The number of benzene rings is 1. The summed E-state index contributed by atoms with van der Waals surface area (Å²) in [6, 6.07) is 6.70. The van der Waals surface area contributed by atoms with E-state index in [1.807, 2.05) is 6.07 Å². The van der Waals surface area contributed by atoms with Crippen molar-refractivity contribution in [1.82, 2.24) is 5.32 Å². The highest BCUT2D eigenvalue weighted by atomic mass is 79.9. The molecule has 0 aliphatic rings. The first-order chi connectivity index (χ1) is 9.67. The van der Waals surface area contributed by atoms with E-state index < -0.39 is 0 Å². The van der Waals surface area contributed by atoms with Gasteiger partial charge in [0.05, 0.1) is 0 Å². The van der Waals surface area contributed by atoms with Gasteiger partial charge < -0.3 is 5.32 Å². The van der Waals surface area contributed by atoms with E-state index in [0.717, 1.165) is 15.9 Å². The molecule has 0 aliphatic heterocycles. The third kappa shape index (κ3) is 7.10. The van der Waals surface area contributed by atoms with Crippen LogP contribution in [0.3, 0.4) is 0 Å². The van der Waals surface area contributed by atoms with Gasteiger partial charge in [-0.15, -0.1) is 0 Å². The van der Waals surface area contributed by atoms with E-state index in [1.54, 1.807) is 0 Å².